The third kappa shape index (κ3) is 19.5. The van der Waals surface area contributed by atoms with Gasteiger partial charge in [-0.1, -0.05) is 0 Å². The molecule has 24 heteroatoms. The van der Waals surface area contributed by atoms with Gasteiger partial charge in [-0.05, 0) is 55.0 Å². The van der Waals surface area contributed by atoms with Gasteiger partial charge in [0, 0.05) is 18.8 Å². The van der Waals surface area contributed by atoms with Gasteiger partial charge in [-0.3, -0.25) is 22.6 Å². The summed E-state index contributed by atoms with van der Waals surface area (Å²) in [6, 6.07) is 10.6. The molecule has 0 aliphatic rings. The Bertz CT molecular complexity index is 1280. The Morgan fingerprint density at radius 1 is 0.814 bits per heavy atom. The van der Waals surface area contributed by atoms with Crippen molar-refractivity contribution in [1.29, 1.82) is 0 Å². The fourth-order valence-corrected chi connectivity index (χ4v) is 4.83. The van der Waals surface area contributed by atoms with Crippen molar-refractivity contribution in [2.45, 2.75) is 11.8 Å². The van der Waals surface area contributed by atoms with E-state index in [4.69, 9.17) is 8.37 Å². The van der Waals surface area contributed by atoms with E-state index in [1.54, 1.807) is 19.1 Å². The molecule has 0 radical (unpaired) electrons. The molecule has 0 N–H and O–H groups in total. The first-order valence-corrected chi connectivity index (χ1v) is 15.1. The summed E-state index contributed by atoms with van der Waals surface area (Å²) in [7, 11) is -8.88. The summed E-state index contributed by atoms with van der Waals surface area (Å²) in [5.41, 5.74) is 2.37. The predicted octanol–water partition coefficient (Wildman–Crippen LogP) is -7.91. The monoisotopic (exact) mass is 713 g/mol. The number of anilines is 1. The van der Waals surface area contributed by atoms with Gasteiger partial charge in [-0.25, -0.2) is 16.8 Å². The van der Waals surface area contributed by atoms with Crippen molar-refractivity contribution in [2.75, 3.05) is 43.6 Å². The second-order valence-electron chi connectivity index (χ2n) is 7.25. The molecule has 0 atom stereocenters. The molecule has 2 rings (SSSR count). The van der Waals surface area contributed by atoms with Gasteiger partial charge < -0.3 is 20.0 Å². The molecule has 224 valence electrons. The van der Waals surface area contributed by atoms with Crippen molar-refractivity contribution in [1.82, 2.24) is 0 Å². The summed E-state index contributed by atoms with van der Waals surface area (Å²) in [6.07, 6.45) is 0. The number of hydrogen-bond donors (Lipinski definition) is 0. The van der Waals surface area contributed by atoms with E-state index in [9.17, 15) is 31.9 Å². The standard InChI is InChI=1S/C19H25N3O14S4.3Na/c1-15-14-17(22(8-10-30-37-35-33-23)9-11-31-38-36-34-24)4-7-19(15)21-20-16-2-5-18(6-3-16)39(25,26)13-12-32-40(27,28)29;;;/h2-7,14,23-24H,8-13H2,1H3,(H,27,28,29);;;/q;3*+1/p-3. The number of rotatable bonds is 20. The summed E-state index contributed by atoms with van der Waals surface area (Å²) in [4.78, 5) is 1.75. The van der Waals surface area contributed by atoms with Crippen molar-refractivity contribution in [3.8, 4) is 0 Å². The molecule has 0 aromatic heterocycles. The summed E-state index contributed by atoms with van der Waals surface area (Å²) < 4.78 is 78.1. The van der Waals surface area contributed by atoms with Crippen LogP contribution >= 0.6 is 24.6 Å². The van der Waals surface area contributed by atoms with Crippen LogP contribution < -0.4 is 104 Å². The van der Waals surface area contributed by atoms with E-state index in [0.29, 0.717) is 49.1 Å². The van der Waals surface area contributed by atoms with Crippen LogP contribution in [0.4, 0.5) is 17.1 Å². The first-order chi connectivity index (χ1) is 19.1. The summed E-state index contributed by atoms with van der Waals surface area (Å²) in [5, 5.41) is 34.4. The normalized spacial score (nSPS) is 11.4. The molecule has 2 aromatic carbocycles. The zero-order valence-electron chi connectivity index (χ0n) is 23.5. The smallest absolute Gasteiger partial charge is 0.726 e. The second kappa shape index (κ2) is 25.1. The van der Waals surface area contributed by atoms with E-state index < -0.39 is 32.6 Å². The Hall–Kier alpha value is 1.04. The van der Waals surface area contributed by atoms with Gasteiger partial charge >= 0.3 is 88.7 Å². The van der Waals surface area contributed by atoms with Gasteiger partial charge in [-0.15, -0.1) is 8.67 Å². The van der Waals surface area contributed by atoms with Gasteiger partial charge in [0.15, 0.2) is 34.5 Å². The Morgan fingerprint density at radius 2 is 1.37 bits per heavy atom. The van der Waals surface area contributed by atoms with E-state index >= 15 is 0 Å². The molecule has 43 heavy (non-hydrogen) atoms. The van der Waals surface area contributed by atoms with E-state index in [2.05, 4.69) is 33.2 Å². The quantitative estimate of drug-likeness (QED) is 0.0181. The third-order valence-corrected chi connectivity index (χ3v) is 7.59. The van der Waals surface area contributed by atoms with Gasteiger partial charge in [0.2, 0.25) is 10.4 Å². The molecule has 0 saturated carbocycles. The zero-order valence-corrected chi connectivity index (χ0v) is 32.7. The molecular formula is C19H22N3Na3O14S4. The summed E-state index contributed by atoms with van der Waals surface area (Å²) in [6.45, 7) is 1.97. The molecule has 0 saturated heterocycles. The minimum atomic E-state index is -4.99. The van der Waals surface area contributed by atoms with Crippen LogP contribution in [0.25, 0.3) is 0 Å². The van der Waals surface area contributed by atoms with E-state index in [1.165, 1.54) is 24.3 Å². The number of azo groups is 1. The van der Waals surface area contributed by atoms with Crippen molar-refractivity contribution >= 4 is 61.9 Å². The first-order valence-electron chi connectivity index (χ1n) is 10.8. The van der Waals surface area contributed by atoms with Crippen molar-refractivity contribution < 1.29 is 152 Å². The number of benzene rings is 2. The maximum Gasteiger partial charge on any atom is 1.00 e. The van der Waals surface area contributed by atoms with Gasteiger partial charge in [0.25, 0.3) is 0 Å². The fraction of sp³-hybridized carbons (Fsp3) is 0.368. The molecule has 0 fully saturated rings. The average Bonchev–Trinajstić information content (AvgIpc) is 2.90. The van der Waals surface area contributed by atoms with Crippen LogP contribution in [0.1, 0.15) is 5.56 Å². The molecule has 17 nitrogen and oxygen atoms in total. The Labute approximate surface area is 323 Å². The number of hydrogen-bond acceptors (Lipinski definition) is 19. The molecule has 0 heterocycles. The maximum atomic E-state index is 12.3. The Kier molecular flexibility index (Phi) is 27.0. The van der Waals surface area contributed by atoms with Crippen molar-refractivity contribution in [2.24, 2.45) is 10.2 Å². The molecule has 0 aliphatic heterocycles. The van der Waals surface area contributed by atoms with Crippen LogP contribution in [-0.4, -0.2) is 60.1 Å². The van der Waals surface area contributed by atoms with Gasteiger partial charge in [0.05, 0.1) is 41.8 Å². The topological polar surface area (TPSA) is 230 Å². The van der Waals surface area contributed by atoms with Crippen molar-refractivity contribution in [3.05, 3.63) is 48.0 Å². The van der Waals surface area contributed by atoms with E-state index in [-0.39, 0.29) is 107 Å². The van der Waals surface area contributed by atoms with E-state index in [0.717, 1.165) is 11.3 Å². The van der Waals surface area contributed by atoms with Gasteiger partial charge in [0.1, 0.15) is 0 Å². The Balaban J connectivity index is 0. The fourth-order valence-electron chi connectivity index (χ4n) is 2.94. The van der Waals surface area contributed by atoms with Crippen LogP contribution in [-0.2, 0) is 51.5 Å². The van der Waals surface area contributed by atoms with Gasteiger partial charge in [-0.2, -0.15) is 10.2 Å². The minimum absolute atomic E-state index is 0. The van der Waals surface area contributed by atoms with Crippen LogP contribution in [0.15, 0.2) is 57.6 Å². The molecule has 0 aliphatic carbocycles. The predicted molar refractivity (Wildman–Crippen MR) is 133 cm³/mol. The maximum absolute atomic E-state index is 12.3. The summed E-state index contributed by atoms with van der Waals surface area (Å²) >= 11 is 0.748. The largest absolute Gasteiger partial charge is 1.00 e. The number of aryl methyl sites for hydroxylation is 1. The number of nitrogens with zero attached hydrogens (tertiary/aromatic N) is 3. The average molecular weight is 714 g/mol. The van der Waals surface area contributed by atoms with Crippen LogP contribution in [0, 0.1) is 6.92 Å². The molecule has 2 aromatic rings. The molecule has 0 unspecified atom stereocenters. The van der Waals surface area contributed by atoms with E-state index in [1.807, 2.05) is 11.0 Å². The molecule has 0 bridgehead atoms. The van der Waals surface area contributed by atoms with Crippen LogP contribution in [0.3, 0.4) is 0 Å². The minimum Gasteiger partial charge on any atom is -0.726 e. The first kappa shape index (κ1) is 46.2. The van der Waals surface area contributed by atoms with Crippen LogP contribution in [0.2, 0.25) is 0 Å². The third-order valence-electron chi connectivity index (χ3n) is 4.69. The second-order valence-corrected chi connectivity index (χ2v) is 11.4. The van der Waals surface area contributed by atoms with Crippen LogP contribution in [0.5, 0.6) is 0 Å². The molecule has 0 amide bonds. The van der Waals surface area contributed by atoms with Crippen molar-refractivity contribution in [3.63, 3.8) is 0 Å². The molecular weight excluding hydrogens is 691 g/mol. The Morgan fingerprint density at radius 3 is 1.86 bits per heavy atom. The zero-order chi connectivity index (χ0) is 29.4. The number of sulfone groups is 1. The summed E-state index contributed by atoms with van der Waals surface area (Å²) in [5.74, 6) is -0.696. The SMILES string of the molecule is Cc1cc(N(CCOSOO[O-])CCOSOO[O-])ccc1N=Nc1ccc(S(=O)(=O)CCOS(=O)(=O)[O-])cc1.[Na+].[Na+].[Na+]. The molecule has 0 spiro atoms.